The molecule has 2 heterocycles. The lowest BCUT2D eigenvalue weighted by atomic mass is 10.2. The van der Waals surface area contributed by atoms with Crippen LogP contribution in [-0.2, 0) is 0 Å². The van der Waals surface area contributed by atoms with E-state index in [2.05, 4.69) is 15.0 Å². The number of aromatic amines is 1. The van der Waals surface area contributed by atoms with Crippen molar-refractivity contribution in [2.24, 2.45) is 0 Å². The summed E-state index contributed by atoms with van der Waals surface area (Å²) in [6.45, 7) is 1.97. The molecule has 5 heteroatoms. The molecule has 3 rings (SSSR count). The van der Waals surface area contributed by atoms with Crippen molar-refractivity contribution in [1.29, 1.82) is 0 Å². The Morgan fingerprint density at radius 1 is 1.11 bits per heavy atom. The van der Waals surface area contributed by atoms with Crippen molar-refractivity contribution in [2.45, 2.75) is 6.92 Å². The summed E-state index contributed by atoms with van der Waals surface area (Å²) in [5.74, 6) is 0.295. The van der Waals surface area contributed by atoms with Crippen LogP contribution < -0.4 is 0 Å². The number of hydrogen-bond acceptors (Lipinski definition) is 4. The number of phenolic OH excluding ortho intramolecular Hbond substituents is 2. The van der Waals surface area contributed by atoms with Gasteiger partial charge in [-0.2, -0.15) is 0 Å². The van der Waals surface area contributed by atoms with Crippen LogP contribution in [0.4, 0.5) is 0 Å². The number of nitrogens with one attached hydrogen (secondary N) is 1. The van der Waals surface area contributed by atoms with Crippen LogP contribution in [-0.4, -0.2) is 25.2 Å². The number of imidazole rings is 1. The molecule has 0 saturated heterocycles. The van der Waals surface area contributed by atoms with E-state index < -0.39 is 0 Å². The third-order valence-electron chi connectivity index (χ3n) is 2.85. The molecule has 3 N–H and O–H groups in total. The van der Waals surface area contributed by atoms with Gasteiger partial charge in [0.05, 0.1) is 5.52 Å². The van der Waals surface area contributed by atoms with Crippen molar-refractivity contribution < 1.29 is 10.2 Å². The first-order valence-electron chi connectivity index (χ1n) is 5.49. The van der Waals surface area contributed by atoms with Gasteiger partial charge in [-0.15, -0.1) is 0 Å². The smallest absolute Gasteiger partial charge is 0.178 e. The van der Waals surface area contributed by atoms with Gasteiger partial charge in [0.2, 0.25) is 0 Å². The van der Waals surface area contributed by atoms with Crippen LogP contribution in [0.3, 0.4) is 0 Å². The van der Waals surface area contributed by atoms with Crippen LogP contribution in [0.25, 0.3) is 22.6 Å². The fraction of sp³-hybridized carbons (Fsp3) is 0.0769. The molecule has 2 aromatic heterocycles. The molecule has 0 atom stereocenters. The van der Waals surface area contributed by atoms with E-state index in [1.165, 1.54) is 12.1 Å². The second kappa shape index (κ2) is 3.73. The molecule has 5 nitrogen and oxygen atoms in total. The van der Waals surface area contributed by atoms with Crippen molar-refractivity contribution in [1.82, 2.24) is 15.0 Å². The zero-order chi connectivity index (χ0) is 12.7. The minimum Gasteiger partial charge on any atom is -0.504 e. The van der Waals surface area contributed by atoms with E-state index >= 15 is 0 Å². The van der Waals surface area contributed by atoms with Gasteiger partial charge < -0.3 is 15.2 Å². The molecular weight excluding hydrogens is 230 g/mol. The molecule has 0 saturated carbocycles. The maximum atomic E-state index is 9.48. The molecule has 0 spiro atoms. The summed E-state index contributed by atoms with van der Waals surface area (Å²) in [4.78, 5) is 11.7. The number of fused-ring (bicyclic) bond motifs is 1. The normalized spacial score (nSPS) is 10.9. The highest BCUT2D eigenvalue weighted by Crippen LogP contribution is 2.30. The molecule has 3 aromatic rings. The lowest BCUT2D eigenvalue weighted by Crippen LogP contribution is -1.80. The molecule has 0 aliphatic heterocycles. The zero-order valence-corrected chi connectivity index (χ0v) is 9.68. The van der Waals surface area contributed by atoms with E-state index in [0.29, 0.717) is 17.0 Å². The molecule has 0 aliphatic rings. The van der Waals surface area contributed by atoms with Crippen molar-refractivity contribution >= 4 is 11.2 Å². The predicted molar refractivity (Wildman–Crippen MR) is 67.4 cm³/mol. The van der Waals surface area contributed by atoms with Crippen molar-refractivity contribution in [3.05, 3.63) is 36.0 Å². The van der Waals surface area contributed by atoms with Crippen LogP contribution in [0.1, 0.15) is 5.56 Å². The van der Waals surface area contributed by atoms with E-state index in [9.17, 15) is 10.2 Å². The maximum Gasteiger partial charge on any atom is 0.178 e. The second-order valence-corrected chi connectivity index (χ2v) is 4.12. The average molecular weight is 241 g/mol. The van der Waals surface area contributed by atoms with E-state index in [1.54, 1.807) is 12.3 Å². The molecule has 1 aromatic carbocycles. The molecule has 0 aliphatic carbocycles. The Morgan fingerprint density at radius 2 is 1.94 bits per heavy atom. The van der Waals surface area contributed by atoms with Crippen molar-refractivity contribution in [2.75, 3.05) is 0 Å². The van der Waals surface area contributed by atoms with Gasteiger partial charge in [-0.05, 0) is 36.8 Å². The first-order valence-corrected chi connectivity index (χ1v) is 5.49. The van der Waals surface area contributed by atoms with Gasteiger partial charge in [-0.25, -0.2) is 9.97 Å². The molecule has 0 amide bonds. The van der Waals surface area contributed by atoms with Gasteiger partial charge >= 0.3 is 0 Å². The number of rotatable bonds is 1. The molecule has 90 valence electrons. The molecule has 18 heavy (non-hydrogen) atoms. The Kier molecular flexibility index (Phi) is 2.19. The summed E-state index contributed by atoms with van der Waals surface area (Å²) in [5, 5.41) is 18.8. The Morgan fingerprint density at radius 3 is 2.67 bits per heavy atom. The highest BCUT2D eigenvalue weighted by Gasteiger charge is 2.09. The number of nitrogens with zero attached hydrogens (tertiary/aromatic N) is 2. The number of aromatic hydroxyl groups is 2. The number of aryl methyl sites for hydroxylation is 1. The van der Waals surface area contributed by atoms with Crippen LogP contribution in [0.5, 0.6) is 11.5 Å². The van der Waals surface area contributed by atoms with Gasteiger partial charge in [-0.1, -0.05) is 0 Å². The number of hydrogen-bond donors (Lipinski definition) is 3. The lowest BCUT2D eigenvalue weighted by molar-refractivity contribution is 0.404. The van der Waals surface area contributed by atoms with E-state index in [-0.39, 0.29) is 11.5 Å². The topological polar surface area (TPSA) is 82.0 Å². The highest BCUT2D eigenvalue weighted by molar-refractivity contribution is 5.79. The molecule has 0 fully saturated rings. The first kappa shape index (κ1) is 10.6. The van der Waals surface area contributed by atoms with Gasteiger partial charge in [-0.3, -0.25) is 0 Å². The Labute approximate surface area is 103 Å². The summed E-state index contributed by atoms with van der Waals surface area (Å²) in [7, 11) is 0. The Balaban J connectivity index is 2.19. The standard InChI is InChI=1S/C13H11N3O2/c1-7-4-5-14-13-11(7)15-12(16-13)8-2-3-9(17)10(18)6-8/h2-6,17-18H,1H3,(H,14,15,16). The Bertz CT molecular complexity index is 734. The number of benzene rings is 1. The predicted octanol–water partition coefficient (Wildman–Crippen LogP) is 2.34. The summed E-state index contributed by atoms with van der Waals surface area (Å²) in [6, 6.07) is 6.47. The summed E-state index contributed by atoms with van der Waals surface area (Å²) in [5.41, 5.74) is 3.27. The third-order valence-corrected chi connectivity index (χ3v) is 2.85. The summed E-state index contributed by atoms with van der Waals surface area (Å²) >= 11 is 0. The summed E-state index contributed by atoms with van der Waals surface area (Å²) < 4.78 is 0. The minimum atomic E-state index is -0.169. The van der Waals surface area contributed by atoms with E-state index in [4.69, 9.17) is 0 Å². The molecule has 0 radical (unpaired) electrons. The van der Waals surface area contributed by atoms with Gasteiger partial charge in [0.1, 0.15) is 5.82 Å². The van der Waals surface area contributed by atoms with Crippen molar-refractivity contribution in [3.63, 3.8) is 0 Å². The molecule has 0 unspecified atom stereocenters. The largest absolute Gasteiger partial charge is 0.504 e. The van der Waals surface area contributed by atoms with Crippen LogP contribution in [0, 0.1) is 6.92 Å². The second-order valence-electron chi connectivity index (χ2n) is 4.12. The quantitative estimate of drug-likeness (QED) is 0.571. The van der Waals surface area contributed by atoms with Gasteiger partial charge in [0.25, 0.3) is 0 Å². The lowest BCUT2D eigenvalue weighted by Gasteiger charge is -1.99. The van der Waals surface area contributed by atoms with Gasteiger partial charge in [0, 0.05) is 11.8 Å². The Hall–Kier alpha value is -2.56. The van der Waals surface area contributed by atoms with Crippen LogP contribution in [0.15, 0.2) is 30.5 Å². The van der Waals surface area contributed by atoms with E-state index in [1.807, 2.05) is 13.0 Å². The number of aromatic nitrogens is 3. The summed E-state index contributed by atoms with van der Waals surface area (Å²) in [6.07, 6.45) is 1.70. The molecular formula is C13H11N3O2. The zero-order valence-electron chi connectivity index (χ0n) is 9.68. The average Bonchev–Trinajstić information content (AvgIpc) is 2.78. The van der Waals surface area contributed by atoms with Crippen molar-refractivity contribution in [3.8, 4) is 22.9 Å². The van der Waals surface area contributed by atoms with Crippen LogP contribution in [0.2, 0.25) is 0 Å². The number of pyridine rings is 1. The fourth-order valence-electron chi connectivity index (χ4n) is 1.84. The number of H-pyrrole nitrogens is 1. The molecule has 0 bridgehead atoms. The third kappa shape index (κ3) is 1.57. The number of phenols is 2. The maximum absolute atomic E-state index is 9.48. The highest BCUT2D eigenvalue weighted by atomic mass is 16.3. The fourth-order valence-corrected chi connectivity index (χ4v) is 1.84. The van der Waals surface area contributed by atoms with Gasteiger partial charge in [0.15, 0.2) is 17.1 Å². The monoisotopic (exact) mass is 241 g/mol. The van der Waals surface area contributed by atoms with E-state index in [0.717, 1.165) is 11.1 Å². The minimum absolute atomic E-state index is 0.149. The van der Waals surface area contributed by atoms with Crippen LogP contribution >= 0.6 is 0 Å². The SMILES string of the molecule is Cc1ccnc2nc(-c3ccc(O)c(O)c3)[nH]c12. The first-order chi connectivity index (χ1) is 8.65.